The van der Waals surface area contributed by atoms with E-state index in [1.807, 2.05) is 30.3 Å². The first-order chi connectivity index (χ1) is 11.6. The van der Waals surface area contributed by atoms with Gasteiger partial charge in [0.25, 0.3) is 0 Å². The van der Waals surface area contributed by atoms with Crippen molar-refractivity contribution in [3.8, 4) is 0 Å². The summed E-state index contributed by atoms with van der Waals surface area (Å²) in [5, 5.41) is 3.50. The summed E-state index contributed by atoms with van der Waals surface area (Å²) in [5.41, 5.74) is 1.95. The maximum atomic E-state index is 12.5. The van der Waals surface area contributed by atoms with Crippen LogP contribution in [0.2, 0.25) is 5.02 Å². The zero-order chi connectivity index (χ0) is 16.9. The summed E-state index contributed by atoms with van der Waals surface area (Å²) in [4.78, 5) is 26.4. The van der Waals surface area contributed by atoms with E-state index in [0.29, 0.717) is 24.5 Å². The van der Waals surface area contributed by atoms with Crippen LogP contribution in [-0.2, 0) is 16.0 Å². The Labute approximate surface area is 146 Å². The molecule has 1 atom stereocenters. The van der Waals surface area contributed by atoms with E-state index < -0.39 is 5.92 Å². The standard InChI is InChI=1S/C19H19ClN2O2/c20-15-6-8-16(9-7-15)22-13-11-17(19(22)24)18(23)21-12-10-14-4-2-1-3-5-14/h1-9,17H,10-13H2,(H,21,23)/t17-/m1/s1. The highest BCUT2D eigenvalue weighted by molar-refractivity contribution is 6.30. The number of hydrogen-bond acceptors (Lipinski definition) is 2. The number of nitrogens with zero attached hydrogens (tertiary/aromatic N) is 1. The van der Waals surface area contributed by atoms with Gasteiger partial charge >= 0.3 is 0 Å². The van der Waals surface area contributed by atoms with Crippen molar-refractivity contribution in [3.05, 3.63) is 65.2 Å². The van der Waals surface area contributed by atoms with Gasteiger partial charge in [-0.05, 0) is 42.7 Å². The molecule has 4 nitrogen and oxygen atoms in total. The molecule has 0 aromatic heterocycles. The van der Waals surface area contributed by atoms with Gasteiger partial charge in [-0.25, -0.2) is 0 Å². The number of rotatable bonds is 5. The van der Waals surface area contributed by atoms with Crippen LogP contribution in [0.3, 0.4) is 0 Å². The fourth-order valence-electron chi connectivity index (χ4n) is 2.90. The van der Waals surface area contributed by atoms with Crippen LogP contribution in [0.1, 0.15) is 12.0 Å². The van der Waals surface area contributed by atoms with Crippen molar-refractivity contribution >= 4 is 29.1 Å². The lowest BCUT2D eigenvalue weighted by Gasteiger charge is -2.16. The number of carbonyl (C=O) groups is 2. The van der Waals surface area contributed by atoms with E-state index in [1.54, 1.807) is 29.2 Å². The number of nitrogens with one attached hydrogen (secondary N) is 1. The fraction of sp³-hybridized carbons (Fsp3) is 0.263. The zero-order valence-electron chi connectivity index (χ0n) is 13.2. The van der Waals surface area contributed by atoms with E-state index in [4.69, 9.17) is 11.6 Å². The molecule has 0 aliphatic carbocycles. The van der Waals surface area contributed by atoms with Crippen LogP contribution >= 0.6 is 11.6 Å². The summed E-state index contributed by atoms with van der Waals surface area (Å²) in [7, 11) is 0. The smallest absolute Gasteiger partial charge is 0.239 e. The molecule has 0 unspecified atom stereocenters. The van der Waals surface area contributed by atoms with Crippen LogP contribution in [0.5, 0.6) is 0 Å². The highest BCUT2D eigenvalue weighted by Crippen LogP contribution is 2.26. The van der Waals surface area contributed by atoms with Gasteiger partial charge in [-0.1, -0.05) is 41.9 Å². The minimum atomic E-state index is -0.601. The third-order valence-electron chi connectivity index (χ3n) is 4.22. The molecule has 1 aliphatic heterocycles. The van der Waals surface area contributed by atoms with Crippen LogP contribution in [-0.4, -0.2) is 24.9 Å². The van der Waals surface area contributed by atoms with Crippen LogP contribution in [0.25, 0.3) is 0 Å². The van der Waals surface area contributed by atoms with Crippen molar-refractivity contribution in [2.75, 3.05) is 18.0 Å². The number of hydrogen-bond donors (Lipinski definition) is 1. The summed E-state index contributed by atoms with van der Waals surface area (Å²) in [6, 6.07) is 17.1. The first-order valence-corrected chi connectivity index (χ1v) is 8.41. The van der Waals surface area contributed by atoms with E-state index in [-0.39, 0.29) is 11.8 Å². The molecule has 124 valence electrons. The topological polar surface area (TPSA) is 49.4 Å². The monoisotopic (exact) mass is 342 g/mol. The molecule has 5 heteroatoms. The molecule has 3 rings (SSSR count). The lowest BCUT2D eigenvalue weighted by Crippen LogP contribution is -2.37. The average Bonchev–Trinajstić information content (AvgIpc) is 2.98. The maximum absolute atomic E-state index is 12.5. The normalized spacial score (nSPS) is 17.1. The molecule has 2 aromatic rings. The lowest BCUT2D eigenvalue weighted by molar-refractivity contribution is -0.132. The molecule has 0 radical (unpaired) electrons. The van der Waals surface area contributed by atoms with Crippen molar-refractivity contribution < 1.29 is 9.59 Å². The largest absolute Gasteiger partial charge is 0.355 e. The second-order valence-corrected chi connectivity index (χ2v) is 6.27. The Hall–Kier alpha value is -2.33. The van der Waals surface area contributed by atoms with E-state index in [0.717, 1.165) is 12.1 Å². The zero-order valence-corrected chi connectivity index (χ0v) is 14.0. The lowest BCUT2D eigenvalue weighted by atomic mass is 10.1. The van der Waals surface area contributed by atoms with Crippen LogP contribution in [0, 0.1) is 5.92 Å². The van der Waals surface area contributed by atoms with E-state index >= 15 is 0 Å². The number of anilines is 1. The van der Waals surface area contributed by atoms with Crippen LogP contribution in [0.4, 0.5) is 5.69 Å². The van der Waals surface area contributed by atoms with E-state index in [9.17, 15) is 9.59 Å². The maximum Gasteiger partial charge on any atom is 0.239 e. The quantitative estimate of drug-likeness (QED) is 0.849. The number of amides is 2. The molecular formula is C19H19ClN2O2. The van der Waals surface area contributed by atoms with Gasteiger partial charge in [0.2, 0.25) is 11.8 Å². The molecule has 1 heterocycles. The van der Waals surface area contributed by atoms with Crippen molar-refractivity contribution in [3.63, 3.8) is 0 Å². The summed E-state index contributed by atoms with van der Waals surface area (Å²) in [6.45, 7) is 1.09. The van der Waals surface area contributed by atoms with Gasteiger partial charge in [-0.2, -0.15) is 0 Å². The Kier molecular flexibility index (Phi) is 5.16. The minimum Gasteiger partial charge on any atom is -0.355 e. The summed E-state index contributed by atoms with van der Waals surface area (Å²) < 4.78 is 0. The summed E-state index contributed by atoms with van der Waals surface area (Å²) in [6.07, 6.45) is 1.30. The van der Waals surface area contributed by atoms with Crippen molar-refractivity contribution in [2.45, 2.75) is 12.8 Å². The van der Waals surface area contributed by atoms with Crippen molar-refractivity contribution in [1.82, 2.24) is 5.32 Å². The Morgan fingerprint density at radius 1 is 1.12 bits per heavy atom. The van der Waals surface area contributed by atoms with E-state index in [2.05, 4.69) is 5.32 Å². The van der Waals surface area contributed by atoms with Gasteiger partial charge in [0.1, 0.15) is 5.92 Å². The van der Waals surface area contributed by atoms with Gasteiger partial charge in [0.15, 0.2) is 0 Å². The molecule has 0 saturated carbocycles. The molecule has 2 aromatic carbocycles. The number of carbonyl (C=O) groups excluding carboxylic acids is 2. The second-order valence-electron chi connectivity index (χ2n) is 5.83. The minimum absolute atomic E-state index is 0.144. The third kappa shape index (κ3) is 3.77. The fourth-order valence-corrected chi connectivity index (χ4v) is 3.02. The number of benzene rings is 2. The first kappa shape index (κ1) is 16.5. The predicted octanol–water partition coefficient (Wildman–Crippen LogP) is 3.05. The van der Waals surface area contributed by atoms with Gasteiger partial charge in [-0.15, -0.1) is 0 Å². The van der Waals surface area contributed by atoms with Crippen LogP contribution in [0.15, 0.2) is 54.6 Å². The highest BCUT2D eigenvalue weighted by Gasteiger charge is 2.37. The predicted molar refractivity (Wildman–Crippen MR) is 95.1 cm³/mol. The van der Waals surface area contributed by atoms with Crippen molar-refractivity contribution in [2.24, 2.45) is 5.92 Å². The van der Waals surface area contributed by atoms with Gasteiger partial charge in [0.05, 0.1) is 0 Å². The molecule has 1 saturated heterocycles. The Morgan fingerprint density at radius 2 is 1.83 bits per heavy atom. The summed E-state index contributed by atoms with van der Waals surface area (Å²) in [5.74, 6) is -0.932. The Morgan fingerprint density at radius 3 is 2.54 bits per heavy atom. The summed E-state index contributed by atoms with van der Waals surface area (Å²) >= 11 is 5.87. The van der Waals surface area contributed by atoms with Crippen molar-refractivity contribution in [1.29, 1.82) is 0 Å². The van der Waals surface area contributed by atoms with Gasteiger partial charge in [0, 0.05) is 23.8 Å². The molecule has 1 N–H and O–H groups in total. The molecule has 0 spiro atoms. The van der Waals surface area contributed by atoms with Gasteiger partial charge < -0.3 is 10.2 Å². The molecular weight excluding hydrogens is 324 g/mol. The SMILES string of the molecule is O=C(NCCc1ccccc1)[C@H]1CCN(c2ccc(Cl)cc2)C1=O. The first-order valence-electron chi connectivity index (χ1n) is 8.04. The second kappa shape index (κ2) is 7.49. The molecule has 1 fully saturated rings. The van der Waals surface area contributed by atoms with Crippen LogP contribution < -0.4 is 10.2 Å². The molecule has 0 bridgehead atoms. The molecule has 24 heavy (non-hydrogen) atoms. The van der Waals surface area contributed by atoms with Gasteiger partial charge in [-0.3, -0.25) is 9.59 Å². The number of halogens is 1. The van der Waals surface area contributed by atoms with E-state index in [1.165, 1.54) is 5.56 Å². The average molecular weight is 343 g/mol. The highest BCUT2D eigenvalue weighted by atomic mass is 35.5. The third-order valence-corrected chi connectivity index (χ3v) is 4.47. The molecule has 2 amide bonds. The molecule has 1 aliphatic rings. The Bertz CT molecular complexity index is 716. The Balaban J connectivity index is 1.54.